The van der Waals surface area contributed by atoms with Crippen molar-refractivity contribution in [3.8, 4) is 0 Å². The Labute approximate surface area is 179 Å². The Morgan fingerprint density at radius 2 is 1.00 bits per heavy atom. The third-order valence-electron chi connectivity index (χ3n) is 5.87. The molecule has 25 heavy (non-hydrogen) atoms. The summed E-state index contributed by atoms with van der Waals surface area (Å²) >= 11 is -0.978. The maximum atomic E-state index is 2.71. The summed E-state index contributed by atoms with van der Waals surface area (Å²) in [6, 6.07) is 0. The fraction of sp³-hybridized carbons (Fsp3) is 0.636. The maximum absolute atomic E-state index is 2.71. The summed E-state index contributed by atoms with van der Waals surface area (Å²) in [6.07, 6.45) is 18.0. The third kappa shape index (κ3) is 4.82. The van der Waals surface area contributed by atoms with Crippen LogP contribution in [0.1, 0.15) is 80.1 Å². The second-order valence-electron chi connectivity index (χ2n) is 6.97. The molecule has 2 aliphatic carbocycles. The number of allylic oxidation sites excluding steroid dienone is 8. The van der Waals surface area contributed by atoms with Gasteiger partial charge in [0.05, 0.1) is 0 Å². The molecule has 3 heteroatoms. The van der Waals surface area contributed by atoms with Gasteiger partial charge in [-0.05, 0) is 0 Å². The number of hydrogen-bond acceptors (Lipinski definition) is 0. The van der Waals surface area contributed by atoms with Crippen LogP contribution < -0.4 is 24.8 Å². The van der Waals surface area contributed by atoms with Crippen LogP contribution in [0.25, 0.3) is 0 Å². The molecule has 0 fully saturated rings. The second-order valence-corrected chi connectivity index (χ2v) is 14.3. The van der Waals surface area contributed by atoms with Crippen LogP contribution in [-0.2, 0) is 22.9 Å². The van der Waals surface area contributed by atoms with Gasteiger partial charge in [-0.2, -0.15) is 0 Å². The molecule has 0 heterocycles. The molecule has 0 saturated heterocycles. The van der Waals surface area contributed by atoms with Gasteiger partial charge in [0.25, 0.3) is 0 Å². The Hall–Kier alpha value is 0.410. The molecule has 0 bridgehead atoms. The van der Waals surface area contributed by atoms with Gasteiger partial charge in [0, 0.05) is 0 Å². The molecular formula is C22H34Cl2Hf. The van der Waals surface area contributed by atoms with E-state index in [4.69, 9.17) is 0 Å². The maximum Gasteiger partial charge on any atom is -1.00 e. The molecule has 2 unspecified atom stereocenters. The molecule has 2 aliphatic rings. The van der Waals surface area contributed by atoms with Crippen molar-refractivity contribution in [3.05, 3.63) is 46.6 Å². The Bertz CT molecular complexity index is 521. The van der Waals surface area contributed by atoms with Crippen LogP contribution >= 0.6 is 0 Å². The van der Waals surface area contributed by atoms with E-state index in [9.17, 15) is 0 Å². The summed E-state index contributed by atoms with van der Waals surface area (Å²) in [5.74, 6) is 0. The SMILES string of the molecule is CCC1=C[C](CC)([Hf+2][C]2(CC)C=C(CC)C=C2CC)C(CC)=C1.[Cl-].[Cl-]. The standard InChI is InChI=1S/2C11H17.2ClH.Hf/c2*1-4-9-7-10(5-2)11(6-3)8-9;;;/h2*7-8H,4-6H2,1-3H3;2*1H;/q;;;;+2/p-2. The Morgan fingerprint density at radius 1 is 0.640 bits per heavy atom. The normalized spacial score (nSPS) is 27.4. The zero-order chi connectivity index (χ0) is 17.1. The minimum absolute atomic E-state index is 0. The molecule has 0 N–H and O–H groups in total. The van der Waals surface area contributed by atoms with Crippen LogP contribution in [0.5, 0.6) is 0 Å². The van der Waals surface area contributed by atoms with Gasteiger partial charge in [0.1, 0.15) is 0 Å². The van der Waals surface area contributed by atoms with E-state index in [2.05, 4.69) is 65.8 Å². The first-order valence-corrected chi connectivity index (χ1v) is 13.3. The van der Waals surface area contributed by atoms with Crippen molar-refractivity contribution in [2.75, 3.05) is 0 Å². The molecule has 0 aliphatic heterocycles. The second kappa shape index (κ2) is 10.7. The number of halogens is 2. The minimum atomic E-state index is -0.978. The van der Waals surface area contributed by atoms with Crippen molar-refractivity contribution < 1.29 is 47.7 Å². The first kappa shape index (κ1) is 25.4. The van der Waals surface area contributed by atoms with Crippen LogP contribution in [0.4, 0.5) is 0 Å². The number of rotatable bonds is 8. The van der Waals surface area contributed by atoms with Crippen molar-refractivity contribution >= 4 is 0 Å². The zero-order valence-electron chi connectivity index (χ0n) is 16.8. The molecule has 0 spiro atoms. The van der Waals surface area contributed by atoms with Crippen LogP contribution in [-0.4, -0.2) is 0 Å². The summed E-state index contributed by atoms with van der Waals surface area (Å²) in [6.45, 7) is 14.2. The van der Waals surface area contributed by atoms with E-state index in [0.29, 0.717) is 6.34 Å². The van der Waals surface area contributed by atoms with Crippen molar-refractivity contribution in [1.82, 2.24) is 0 Å². The Morgan fingerprint density at radius 3 is 1.24 bits per heavy atom. The van der Waals surface area contributed by atoms with Crippen molar-refractivity contribution in [1.29, 1.82) is 0 Å². The molecule has 2 atom stereocenters. The van der Waals surface area contributed by atoms with Crippen LogP contribution in [0.3, 0.4) is 0 Å². The van der Waals surface area contributed by atoms with E-state index < -0.39 is 22.9 Å². The van der Waals surface area contributed by atoms with Gasteiger partial charge < -0.3 is 24.8 Å². The molecule has 2 rings (SSSR count). The monoisotopic (exact) mass is 548 g/mol. The first-order valence-electron chi connectivity index (χ1n) is 9.67. The van der Waals surface area contributed by atoms with Crippen LogP contribution in [0.2, 0.25) is 6.34 Å². The van der Waals surface area contributed by atoms with E-state index in [0.717, 1.165) is 0 Å². The first-order chi connectivity index (χ1) is 11.0. The Balaban J connectivity index is 0.00000288. The molecule has 0 saturated carbocycles. The van der Waals surface area contributed by atoms with E-state index >= 15 is 0 Å². The number of hydrogen-bond donors (Lipinski definition) is 0. The fourth-order valence-electron chi connectivity index (χ4n) is 4.32. The molecule has 0 amide bonds. The van der Waals surface area contributed by atoms with Crippen LogP contribution in [0.15, 0.2) is 46.6 Å². The van der Waals surface area contributed by atoms with Gasteiger partial charge in [-0.3, -0.25) is 0 Å². The van der Waals surface area contributed by atoms with Crippen molar-refractivity contribution in [2.45, 2.75) is 86.4 Å². The summed E-state index contributed by atoms with van der Waals surface area (Å²) in [5, 5.41) is 0. The van der Waals surface area contributed by atoms with E-state index in [1.165, 1.54) is 38.5 Å². The third-order valence-corrected chi connectivity index (χ3v) is 15.0. The summed E-state index contributed by atoms with van der Waals surface area (Å²) < 4.78 is 0.952. The fourth-order valence-corrected chi connectivity index (χ4v) is 13.2. The molecule has 0 aromatic rings. The molecular weight excluding hydrogens is 514 g/mol. The van der Waals surface area contributed by atoms with Crippen molar-refractivity contribution in [3.63, 3.8) is 0 Å². The largest absolute Gasteiger partial charge is 1.00 e. The van der Waals surface area contributed by atoms with E-state index in [-0.39, 0.29) is 24.8 Å². The predicted octanol–water partition coefficient (Wildman–Crippen LogP) is 1.59. The molecule has 0 aromatic heterocycles. The Kier molecular flexibility index (Phi) is 10.8. The molecule has 0 radical (unpaired) electrons. The average Bonchev–Trinajstić information content (AvgIpc) is 3.13. The van der Waals surface area contributed by atoms with Crippen LogP contribution in [0, 0.1) is 0 Å². The van der Waals surface area contributed by atoms with E-state index in [1.54, 1.807) is 22.3 Å². The van der Waals surface area contributed by atoms with Gasteiger partial charge in [-0.1, -0.05) is 0 Å². The topological polar surface area (TPSA) is 0 Å². The molecule has 0 aromatic carbocycles. The van der Waals surface area contributed by atoms with Gasteiger partial charge in [0.15, 0.2) is 0 Å². The van der Waals surface area contributed by atoms with E-state index in [1.807, 2.05) is 0 Å². The molecule has 0 nitrogen and oxygen atoms in total. The van der Waals surface area contributed by atoms with Gasteiger partial charge in [0.2, 0.25) is 0 Å². The van der Waals surface area contributed by atoms with Gasteiger partial charge in [-0.25, -0.2) is 0 Å². The molecule has 140 valence electrons. The summed E-state index contributed by atoms with van der Waals surface area (Å²) in [7, 11) is 0. The van der Waals surface area contributed by atoms with Gasteiger partial charge in [-0.15, -0.1) is 0 Å². The van der Waals surface area contributed by atoms with Crippen molar-refractivity contribution in [2.24, 2.45) is 0 Å². The summed E-state index contributed by atoms with van der Waals surface area (Å²) in [5.41, 5.74) is 6.70. The predicted molar refractivity (Wildman–Crippen MR) is 99.5 cm³/mol. The zero-order valence-corrected chi connectivity index (χ0v) is 21.9. The minimum Gasteiger partial charge on any atom is -1.00 e. The average molecular weight is 548 g/mol. The van der Waals surface area contributed by atoms with Gasteiger partial charge >= 0.3 is 156 Å². The smallest absolute Gasteiger partial charge is 1.00 e. The summed E-state index contributed by atoms with van der Waals surface area (Å²) in [4.78, 5) is 0. The quantitative estimate of drug-likeness (QED) is 0.405.